The molecule has 1 atom stereocenters. The van der Waals surface area contributed by atoms with Crippen LogP contribution in [0.3, 0.4) is 0 Å². The van der Waals surface area contributed by atoms with Gasteiger partial charge >= 0.3 is 0 Å². The minimum atomic E-state index is -0.0969. The highest BCUT2D eigenvalue weighted by atomic mass is 32.2. The molecule has 0 aliphatic rings. The molecule has 0 aromatic carbocycles. The standard InChI is InChI=1S/C11H13N3OS2/c1-7(15)8(2)17-11-12-10(13-14-11)6-9-4-3-5-16-9/h3-5,8H,6H2,1-2H3,(H,12,13,14). The van der Waals surface area contributed by atoms with Crippen LogP contribution in [0.25, 0.3) is 0 Å². The number of carbonyl (C=O) groups is 1. The third-order valence-corrected chi connectivity index (χ3v) is 4.24. The summed E-state index contributed by atoms with van der Waals surface area (Å²) in [5.74, 6) is 0.977. The molecule has 0 saturated heterocycles. The molecule has 4 nitrogen and oxygen atoms in total. The molecule has 17 heavy (non-hydrogen) atoms. The summed E-state index contributed by atoms with van der Waals surface area (Å²) in [7, 11) is 0. The van der Waals surface area contributed by atoms with Crippen LogP contribution >= 0.6 is 23.1 Å². The summed E-state index contributed by atoms with van der Waals surface area (Å²) >= 11 is 3.08. The molecule has 0 amide bonds. The van der Waals surface area contributed by atoms with E-state index in [1.165, 1.54) is 16.6 Å². The number of hydrogen-bond donors (Lipinski definition) is 1. The average Bonchev–Trinajstić information content (AvgIpc) is 2.91. The highest BCUT2D eigenvalue weighted by molar-refractivity contribution is 8.00. The predicted octanol–water partition coefficient (Wildman–Crippen LogP) is 2.53. The number of nitrogens with zero attached hydrogens (tertiary/aromatic N) is 2. The van der Waals surface area contributed by atoms with Gasteiger partial charge in [0.1, 0.15) is 11.6 Å². The third-order valence-electron chi connectivity index (χ3n) is 2.29. The van der Waals surface area contributed by atoms with Crippen LogP contribution in [0.4, 0.5) is 0 Å². The van der Waals surface area contributed by atoms with Crippen molar-refractivity contribution in [3.8, 4) is 0 Å². The smallest absolute Gasteiger partial charge is 0.209 e. The predicted molar refractivity (Wildman–Crippen MR) is 69.5 cm³/mol. The molecular formula is C11H13N3OS2. The van der Waals surface area contributed by atoms with Gasteiger partial charge in [-0.25, -0.2) is 4.98 Å². The van der Waals surface area contributed by atoms with Crippen LogP contribution in [0, 0.1) is 0 Å². The lowest BCUT2D eigenvalue weighted by Gasteiger charge is -2.01. The van der Waals surface area contributed by atoms with Crippen molar-refractivity contribution >= 4 is 28.9 Å². The van der Waals surface area contributed by atoms with Gasteiger partial charge in [-0.05, 0) is 25.3 Å². The van der Waals surface area contributed by atoms with Crippen LogP contribution in [-0.2, 0) is 11.2 Å². The maximum absolute atomic E-state index is 11.1. The first-order valence-electron chi connectivity index (χ1n) is 5.26. The Kier molecular flexibility index (Phi) is 3.96. The molecule has 2 aromatic heterocycles. The van der Waals surface area contributed by atoms with E-state index < -0.39 is 0 Å². The van der Waals surface area contributed by atoms with Crippen molar-refractivity contribution in [3.05, 3.63) is 28.2 Å². The Morgan fingerprint density at radius 1 is 1.65 bits per heavy atom. The largest absolute Gasteiger partial charge is 0.299 e. The van der Waals surface area contributed by atoms with Gasteiger partial charge in [0.2, 0.25) is 5.16 Å². The highest BCUT2D eigenvalue weighted by Crippen LogP contribution is 2.20. The Morgan fingerprint density at radius 2 is 2.47 bits per heavy atom. The number of thiophene rings is 1. The molecule has 2 aromatic rings. The summed E-state index contributed by atoms with van der Waals surface area (Å²) < 4.78 is 0. The summed E-state index contributed by atoms with van der Waals surface area (Å²) in [5.41, 5.74) is 0. The number of hydrogen-bond acceptors (Lipinski definition) is 5. The maximum atomic E-state index is 11.1. The van der Waals surface area contributed by atoms with Crippen LogP contribution in [0.15, 0.2) is 22.7 Å². The summed E-state index contributed by atoms with van der Waals surface area (Å²) in [5, 5.41) is 9.58. The number of H-pyrrole nitrogens is 1. The number of aromatic amines is 1. The summed E-state index contributed by atoms with van der Waals surface area (Å²) in [4.78, 5) is 16.7. The fraction of sp³-hybridized carbons (Fsp3) is 0.364. The zero-order chi connectivity index (χ0) is 12.3. The fourth-order valence-corrected chi connectivity index (χ4v) is 2.68. The second-order valence-corrected chi connectivity index (χ2v) is 6.03. The van der Waals surface area contributed by atoms with Gasteiger partial charge in [-0.15, -0.1) is 16.4 Å². The van der Waals surface area contributed by atoms with Gasteiger partial charge in [-0.1, -0.05) is 17.8 Å². The molecular weight excluding hydrogens is 254 g/mol. The second kappa shape index (κ2) is 5.46. The SMILES string of the molecule is CC(=O)C(C)Sc1n[nH]c(Cc2cccs2)n1. The van der Waals surface area contributed by atoms with Crippen molar-refractivity contribution in [3.63, 3.8) is 0 Å². The van der Waals surface area contributed by atoms with Crippen LogP contribution < -0.4 is 0 Å². The van der Waals surface area contributed by atoms with Crippen LogP contribution in [-0.4, -0.2) is 26.2 Å². The summed E-state index contributed by atoms with van der Waals surface area (Å²) in [6.45, 7) is 3.44. The number of aromatic nitrogens is 3. The van der Waals surface area contributed by atoms with E-state index in [1.807, 2.05) is 18.4 Å². The lowest BCUT2D eigenvalue weighted by molar-refractivity contribution is -0.116. The Labute approximate surface area is 108 Å². The Balaban J connectivity index is 1.98. The van der Waals surface area contributed by atoms with Crippen molar-refractivity contribution in [1.29, 1.82) is 0 Å². The minimum absolute atomic E-state index is 0.0969. The fourth-order valence-electron chi connectivity index (χ4n) is 1.23. The van der Waals surface area contributed by atoms with Crippen molar-refractivity contribution < 1.29 is 4.79 Å². The molecule has 0 bridgehead atoms. The molecule has 1 N–H and O–H groups in total. The topological polar surface area (TPSA) is 58.6 Å². The number of nitrogens with one attached hydrogen (secondary N) is 1. The van der Waals surface area contributed by atoms with Crippen LogP contribution in [0.5, 0.6) is 0 Å². The maximum Gasteiger partial charge on any atom is 0.209 e. The second-order valence-electron chi connectivity index (χ2n) is 3.69. The number of ketones is 1. The molecule has 2 rings (SSSR count). The molecule has 90 valence electrons. The first-order chi connectivity index (χ1) is 8.15. The Morgan fingerprint density at radius 3 is 3.12 bits per heavy atom. The molecule has 0 fully saturated rings. The quantitative estimate of drug-likeness (QED) is 0.846. The molecule has 0 radical (unpaired) electrons. The molecule has 6 heteroatoms. The van der Waals surface area contributed by atoms with E-state index in [0.717, 1.165) is 12.2 Å². The van der Waals surface area contributed by atoms with Gasteiger partial charge in [0.15, 0.2) is 0 Å². The van der Waals surface area contributed by atoms with Gasteiger partial charge in [-0.3, -0.25) is 9.89 Å². The van der Waals surface area contributed by atoms with E-state index in [-0.39, 0.29) is 11.0 Å². The van der Waals surface area contributed by atoms with Crippen molar-refractivity contribution in [2.24, 2.45) is 0 Å². The van der Waals surface area contributed by atoms with Gasteiger partial charge in [0.05, 0.1) is 5.25 Å². The first-order valence-corrected chi connectivity index (χ1v) is 7.02. The van der Waals surface area contributed by atoms with Crippen LogP contribution in [0.1, 0.15) is 24.5 Å². The third kappa shape index (κ3) is 3.41. The van der Waals surface area contributed by atoms with E-state index >= 15 is 0 Å². The summed E-state index contributed by atoms with van der Waals surface area (Å²) in [6.07, 6.45) is 0.764. The minimum Gasteiger partial charge on any atom is -0.299 e. The summed E-state index contributed by atoms with van der Waals surface area (Å²) in [6, 6.07) is 4.09. The van der Waals surface area contributed by atoms with E-state index in [1.54, 1.807) is 18.3 Å². The van der Waals surface area contributed by atoms with Crippen molar-refractivity contribution in [2.75, 3.05) is 0 Å². The number of thioether (sulfide) groups is 1. The highest BCUT2D eigenvalue weighted by Gasteiger charge is 2.13. The van der Waals surface area contributed by atoms with Crippen LogP contribution in [0.2, 0.25) is 0 Å². The van der Waals surface area contributed by atoms with E-state index in [9.17, 15) is 4.79 Å². The van der Waals surface area contributed by atoms with E-state index in [0.29, 0.717) is 5.16 Å². The molecule has 0 saturated carbocycles. The van der Waals surface area contributed by atoms with Gasteiger partial charge in [-0.2, -0.15) is 0 Å². The lowest BCUT2D eigenvalue weighted by Crippen LogP contribution is -2.08. The van der Waals surface area contributed by atoms with Gasteiger partial charge in [0, 0.05) is 11.3 Å². The van der Waals surface area contributed by atoms with Gasteiger partial charge < -0.3 is 0 Å². The number of Topliss-reactive ketones (excluding diaryl/α,β-unsaturated/α-hetero) is 1. The van der Waals surface area contributed by atoms with E-state index in [4.69, 9.17) is 0 Å². The van der Waals surface area contributed by atoms with E-state index in [2.05, 4.69) is 21.2 Å². The molecule has 0 aliphatic heterocycles. The molecule has 1 unspecified atom stereocenters. The molecule has 0 aliphatic carbocycles. The van der Waals surface area contributed by atoms with Gasteiger partial charge in [0.25, 0.3) is 0 Å². The zero-order valence-corrected chi connectivity index (χ0v) is 11.3. The number of carbonyl (C=O) groups excluding carboxylic acids is 1. The zero-order valence-electron chi connectivity index (χ0n) is 9.64. The Bertz CT molecular complexity index is 493. The molecule has 2 heterocycles. The monoisotopic (exact) mass is 267 g/mol. The lowest BCUT2D eigenvalue weighted by atomic mass is 10.3. The first kappa shape index (κ1) is 12.3. The normalized spacial score (nSPS) is 12.6. The van der Waals surface area contributed by atoms with Crippen molar-refractivity contribution in [1.82, 2.24) is 15.2 Å². The molecule has 0 spiro atoms. The number of rotatable bonds is 5. The van der Waals surface area contributed by atoms with Crippen molar-refractivity contribution in [2.45, 2.75) is 30.7 Å². The average molecular weight is 267 g/mol. The Hall–Kier alpha value is -1.14.